The smallest absolute Gasteiger partial charge is 0.217 e. The molecule has 3 N–H and O–H groups in total. The third-order valence-corrected chi connectivity index (χ3v) is 6.28. The maximum Gasteiger partial charge on any atom is 0.217 e. The third-order valence-electron chi connectivity index (χ3n) is 6.28. The maximum absolute atomic E-state index is 11.3. The fraction of sp³-hybridized carbons (Fsp3) is 0.773. The van der Waals surface area contributed by atoms with Crippen LogP contribution in [0.5, 0.6) is 0 Å². The van der Waals surface area contributed by atoms with Gasteiger partial charge in [0.1, 0.15) is 5.76 Å². The van der Waals surface area contributed by atoms with E-state index in [1.54, 1.807) is 0 Å². The van der Waals surface area contributed by atoms with E-state index in [0.717, 1.165) is 94.8 Å². The van der Waals surface area contributed by atoms with E-state index in [1.807, 2.05) is 13.8 Å². The van der Waals surface area contributed by atoms with Crippen molar-refractivity contribution in [2.24, 2.45) is 22.6 Å². The number of aryl methyl sites for hydroxylation is 2. The quantitative estimate of drug-likeness (QED) is 0.310. The normalized spacial score (nSPS) is 21.1. The number of amides is 1. The molecule has 2 fully saturated rings. The molecule has 2 saturated heterocycles. The van der Waals surface area contributed by atoms with Crippen molar-refractivity contribution in [1.29, 1.82) is 0 Å². The molecule has 1 amide bonds. The van der Waals surface area contributed by atoms with E-state index < -0.39 is 0 Å². The van der Waals surface area contributed by atoms with E-state index in [1.165, 1.54) is 0 Å². The van der Waals surface area contributed by atoms with Gasteiger partial charge in [0, 0.05) is 32.6 Å². The molecule has 3 rings (SSSR count). The lowest BCUT2D eigenvalue weighted by Crippen LogP contribution is -2.47. The minimum atomic E-state index is -0.203. The lowest BCUT2D eigenvalue weighted by molar-refractivity contribution is -0.119. The van der Waals surface area contributed by atoms with Crippen molar-refractivity contribution in [1.82, 2.24) is 20.1 Å². The summed E-state index contributed by atoms with van der Waals surface area (Å²) in [4.78, 5) is 25.5. The summed E-state index contributed by atoms with van der Waals surface area (Å²) in [5.41, 5.74) is 6.40. The third kappa shape index (κ3) is 7.93. The first kappa shape index (κ1) is 25.9. The number of nitrogens with one attached hydrogen (secondary N) is 1. The largest absolute Gasteiger partial charge is 0.444 e. The van der Waals surface area contributed by atoms with E-state index in [-0.39, 0.29) is 29.9 Å². The monoisotopic (exact) mass is 546 g/mol. The van der Waals surface area contributed by atoms with Gasteiger partial charge in [0.15, 0.2) is 5.96 Å². The summed E-state index contributed by atoms with van der Waals surface area (Å²) in [7, 11) is 0. The first-order valence-electron chi connectivity index (χ1n) is 11.4. The zero-order valence-corrected chi connectivity index (χ0v) is 21.6. The molecule has 2 aliphatic rings. The van der Waals surface area contributed by atoms with E-state index >= 15 is 0 Å². The van der Waals surface area contributed by atoms with Crippen LogP contribution >= 0.6 is 24.0 Å². The Balaban J connectivity index is 0.00000341. The fourth-order valence-corrected chi connectivity index (χ4v) is 4.48. The number of rotatable bonds is 7. The molecule has 176 valence electrons. The molecule has 0 spiro atoms. The molecule has 1 aromatic rings. The zero-order valence-electron chi connectivity index (χ0n) is 19.2. The Labute approximate surface area is 203 Å². The van der Waals surface area contributed by atoms with Gasteiger partial charge in [0.2, 0.25) is 11.8 Å². The van der Waals surface area contributed by atoms with Crippen LogP contribution in [0.25, 0.3) is 0 Å². The van der Waals surface area contributed by atoms with Crippen LogP contribution in [0.3, 0.4) is 0 Å². The van der Waals surface area contributed by atoms with Gasteiger partial charge in [0.05, 0.1) is 12.2 Å². The van der Waals surface area contributed by atoms with Crippen molar-refractivity contribution in [3.63, 3.8) is 0 Å². The second-order valence-electron chi connectivity index (χ2n) is 8.79. The summed E-state index contributed by atoms with van der Waals surface area (Å²) in [6, 6.07) is 0. The molecule has 1 unspecified atom stereocenters. The Morgan fingerprint density at radius 1 is 1.23 bits per heavy atom. The predicted octanol–water partition coefficient (Wildman–Crippen LogP) is 2.67. The standard InChI is InChI=1S/C22H38N6O2.HI/c1-4-24-22(28-9-5-6-19(14-28)12-20(23)29)25-13-18-7-10-27(11-8-18)15-21-26-16(2)17(3)30-21;/h18-19H,4-15H2,1-3H3,(H2,23,29)(H,24,25);1H. The summed E-state index contributed by atoms with van der Waals surface area (Å²) in [5, 5.41) is 3.44. The number of hydrogen-bond donors (Lipinski definition) is 2. The van der Waals surface area contributed by atoms with Gasteiger partial charge in [-0.2, -0.15) is 0 Å². The molecular formula is C22H39IN6O2. The van der Waals surface area contributed by atoms with Crippen LogP contribution in [0.1, 0.15) is 56.4 Å². The van der Waals surface area contributed by atoms with Crippen LogP contribution in [0, 0.1) is 25.7 Å². The van der Waals surface area contributed by atoms with Gasteiger partial charge in [-0.3, -0.25) is 14.7 Å². The number of oxazole rings is 1. The number of nitrogens with two attached hydrogens (primary N) is 1. The van der Waals surface area contributed by atoms with E-state index in [9.17, 15) is 4.79 Å². The van der Waals surface area contributed by atoms with Gasteiger partial charge in [-0.05, 0) is 71.4 Å². The van der Waals surface area contributed by atoms with Crippen LogP contribution in [0.2, 0.25) is 0 Å². The Hall–Kier alpha value is -1.36. The summed E-state index contributed by atoms with van der Waals surface area (Å²) in [6.45, 7) is 12.5. The van der Waals surface area contributed by atoms with Crippen molar-refractivity contribution >= 4 is 35.8 Å². The highest BCUT2D eigenvalue weighted by atomic mass is 127. The van der Waals surface area contributed by atoms with Crippen molar-refractivity contribution in [3.05, 3.63) is 17.3 Å². The second kappa shape index (κ2) is 12.6. The van der Waals surface area contributed by atoms with Crippen LogP contribution in [-0.2, 0) is 11.3 Å². The molecule has 1 aromatic heterocycles. The molecule has 9 heteroatoms. The number of aliphatic imine (C=N–C) groups is 1. The first-order valence-corrected chi connectivity index (χ1v) is 11.4. The lowest BCUT2D eigenvalue weighted by Gasteiger charge is -2.35. The number of halogens is 1. The highest BCUT2D eigenvalue weighted by Crippen LogP contribution is 2.22. The number of carbonyl (C=O) groups excluding carboxylic acids is 1. The van der Waals surface area contributed by atoms with Crippen LogP contribution in [0.15, 0.2) is 9.41 Å². The van der Waals surface area contributed by atoms with E-state index in [4.69, 9.17) is 15.1 Å². The van der Waals surface area contributed by atoms with Crippen LogP contribution in [-0.4, -0.2) is 65.9 Å². The number of nitrogens with zero attached hydrogens (tertiary/aromatic N) is 4. The summed E-state index contributed by atoms with van der Waals surface area (Å²) < 4.78 is 5.73. The number of hydrogen-bond acceptors (Lipinski definition) is 5. The predicted molar refractivity (Wildman–Crippen MR) is 133 cm³/mol. The lowest BCUT2D eigenvalue weighted by atomic mass is 9.94. The highest BCUT2D eigenvalue weighted by molar-refractivity contribution is 14.0. The minimum absolute atomic E-state index is 0. The number of primary amides is 1. The molecule has 0 bridgehead atoms. The summed E-state index contributed by atoms with van der Waals surface area (Å²) >= 11 is 0. The number of guanidine groups is 1. The van der Waals surface area contributed by atoms with Crippen molar-refractivity contribution in [2.75, 3.05) is 39.3 Å². The number of piperidine rings is 2. The topological polar surface area (TPSA) is 100.0 Å². The average Bonchev–Trinajstić information content (AvgIpc) is 3.03. The Kier molecular flexibility index (Phi) is 10.5. The SMILES string of the molecule is CCNC(=NCC1CCN(Cc2nc(C)c(C)o2)CC1)N1CCCC(CC(N)=O)C1.I. The Bertz CT molecular complexity index is 710. The second-order valence-corrected chi connectivity index (χ2v) is 8.79. The molecule has 3 heterocycles. The number of likely N-dealkylation sites (tertiary alicyclic amines) is 2. The van der Waals surface area contributed by atoms with E-state index in [0.29, 0.717) is 18.3 Å². The molecule has 0 aromatic carbocycles. The first-order chi connectivity index (χ1) is 14.4. The average molecular weight is 546 g/mol. The fourth-order valence-electron chi connectivity index (χ4n) is 4.48. The molecule has 31 heavy (non-hydrogen) atoms. The highest BCUT2D eigenvalue weighted by Gasteiger charge is 2.25. The Morgan fingerprint density at radius 3 is 2.58 bits per heavy atom. The van der Waals surface area contributed by atoms with Gasteiger partial charge in [0.25, 0.3) is 0 Å². The minimum Gasteiger partial charge on any atom is -0.444 e. The van der Waals surface area contributed by atoms with Crippen molar-refractivity contribution < 1.29 is 9.21 Å². The van der Waals surface area contributed by atoms with Gasteiger partial charge < -0.3 is 20.4 Å². The zero-order chi connectivity index (χ0) is 21.5. The summed E-state index contributed by atoms with van der Waals surface area (Å²) in [5.74, 6) is 3.47. The summed E-state index contributed by atoms with van der Waals surface area (Å²) in [6.07, 6.45) is 4.91. The molecule has 0 radical (unpaired) electrons. The van der Waals surface area contributed by atoms with Crippen molar-refractivity contribution in [2.45, 2.75) is 59.4 Å². The van der Waals surface area contributed by atoms with Gasteiger partial charge in [-0.1, -0.05) is 0 Å². The van der Waals surface area contributed by atoms with Gasteiger partial charge in [-0.15, -0.1) is 24.0 Å². The molecule has 1 atom stereocenters. The van der Waals surface area contributed by atoms with Crippen LogP contribution < -0.4 is 11.1 Å². The molecule has 2 aliphatic heterocycles. The number of carbonyl (C=O) groups is 1. The van der Waals surface area contributed by atoms with Crippen molar-refractivity contribution in [3.8, 4) is 0 Å². The molecule has 8 nitrogen and oxygen atoms in total. The van der Waals surface area contributed by atoms with E-state index in [2.05, 4.69) is 27.0 Å². The molecular weight excluding hydrogens is 507 g/mol. The van der Waals surface area contributed by atoms with Gasteiger partial charge in [-0.25, -0.2) is 4.98 Å². The van der Waals surface area contributed by atoms with Crippen LogP contribution in [0.4, 0.5) is 0 Å². The molecule has 0 saturated carbocycles. The van der Waals surface area contributed by atoms with Gasteiger partial charge >= 0.3 is 0 Å². The number of aromatic nitrogens is 1. The maximum atomic E-state index is 11.3. The molecule has 0 aliphatic carbocycles. The Morgan fingerprint density at radius 2 is 1.97 bits per heavy atom.